The zero-order chi connectivity index (χ0) is 15.2. The number of aryl methyl sites for hydroxylation is 1. The fourth-order valence-electron chi connectivity index (χ4n) is 3.20. The zero-order valence-corrected chi connectivity index (χ0v) is 13.5. The van der Waals surface area contributed by atoms with Crippen LogP contribution in [0.25, 0.3) is 0 Å². The van der Waals surface area contributed by atoms with Crippen LogP contribution in [-0.4, -0.2) is 18.0 Å². The molecule has 1 amide bonds. The van der Waals surface area contributed by atoms with Crippen LogP contribution in [0.4, 0.5) is 5.69 Å². The highest BCUT2D eigenvalue weighted by Crippen LogP contribution is 2.27. The van der Waals surface area contributed by atoms with Gasteiger partial charge in [0.1, 0.15) is 0 Å². The monoisotopic (exact) mass is 288 g/mol. The van der Waals surface area contributed by atoms with Gasteiger partial charge in [0.25, 0.3) is 0 Å². The summed E-state index contributed by atoms with van der Waals surface area (Å²) in [5.41, 5.74) is 2.07. The third-order valence-corrected chi connectivity index (χ3v) is 4.61. The summed E-state index contributed by atoms with van der Waals surface area (Å²) in [6.45, 7) is 6.26. The molecule has 0 bridgehead atoms. The molecule has 1 aliphatic carbocycles. The van der Waals surface area contributed by atoms with Crippen LogP contribution in [-0.2, 0) is 4.79 Å². The van der Waals surface area contributed by atoms with Crippen molar-refractivity contribution in [3.63, 3.8) is 0 Å². The van der Waals surface area contributed by atoms with Crippen molar-refractivity contribution in [3.8, 4) is 0 Å². The van der Waals surface area contributed by atoms with Gasteiger partial charge in [0, 0.05) is 11.7 Å². The summed E-state index contributed by atoms with van der Waals surface area (Å²) in [6, 6.07) is 8.28. The third kappa shape index (κ3) is 4.57. The Morgan fingerprint density at radius 1 is 1.24 bits per heavy atom. The number of amides is 1. The molecule has 21 heavy (non-hydrogen) atoms. The van der Waals surface area contributed by atoms with Crippen molar-refractivity contribution in [2.24, 2.45) is 5.92 Å². The Hall–Kier alpha value is -1.35. The van der Waals surface area contributed by atoms with Gasteiger partial charge >= 0.3 is 0 Å². The summed E-state index contributed by atoms with van der Waals surface area (Å²) < 4.78 is 0. The zero-order valence-electron chi connectivity index (χ0n) is 13.5. The topological polar surface area (TPSA) is 41.1 Å². The second-order valence-corrected chi connectivity index (χ2v) is 6.30. The second kappa shape index (κ2) is 7.60. The van der Waals surface area contributed by atoms with E-state index in [1.54, 1.807) is 0 Å². The molecule has 3 nitrogen and oxygen atoms in total. The van der Waals surface area contributed by atoms with E-state index in [1.165, 1.54) is 37.7 Å². The summed E-state index contributed by atoms with van der Waals surface area (Å²) in [4.78, 5) is 12.3. The number of anilines is 1. The lowest BCUT2D eigenvalue weighted by molar-refractivity contribution is -0.118. The van der Waals surface area contributed by atoms with E-state index in [9.17, 15) is 4.79 Å². The molecule has 0 saturated heterocycles. The molecule has 0 aromatic heterocycles. The number of hydrogen-bond acceptors (Lipinski definition) is 2. The minimum atomic E-state index is -0.150. The number of carbonyl (C=O) groups is 1. The summed E-state index contributed by atoms with van der Waals surface area (Å²) in [5, 5.41) is 6.53. The van der Waals surface area contributed by atoms with E-state index in [4.69, 9.17) is 0 Å². The van der Waals surface area contributed by atoms with Gasteiger partial charge in [0.2, 0.25) is 5.91 Å². The molecule has 116 valence electrons. The van der Waals surface area contributed by atoms with Crippen LogP contribution < -0.4 is 10.6 Å². The molecular weight excluding hydrogens is 260 g/mol. The van der Waals surface area contributed by atoms with E-state index < -0.39 is 0 Å². The van der Waals surface area contributed by atoms with E-state index in [0.717, 1.165) is 5.69 Å². The van der Waals surface area contributed by atoms with Gasteiger partial charge in [-0.2, -0.15) is 0 Å². The second-order valence-electron chi connectivity index (χ2n) is 6.30. The van der Waals surface area contributed by atoms with Crippen molar-refractivity contribution in [1.29, 1.82) is 0 Å². The predicted molar refractivity (Wildman–Crippen MR) is 88.4 cm³/mol. The molecule has 0 radical (unpaired) electrons. The standard InChI is InChI=1S/C18H28N2O/c1-4-15-7-5-6-8-17(15)19-14(3)18(21)20-16-11-9-13(2)10-12-16/h9-12,14-15,17,19H,4-8H2,1-3H3,(H,20,21). The Labute approximate surface area is 128 Å². The van der Waals surface area contributed by atoms with Crippen molar-refractivity contribution in [2.75, 3.05) is 5.32 Å². The van der Waals surface area contributed by atoms with E-state index in [1.807, 2.05) is 38.1 Å². The molecule has 3 heteroatoms. The lowest BCUT2D eigenvalue weighted by Crippen LogP contribution is -2.48. The average molecular weight is 288 g/mol. The summed E-state index contributed by atoms with van der Waals surface area (Å²) in [7, 11) is 0. The molecule has 2 rings (SSSR count). The minimum Gasteiger partial charge on any atom is -0.325 e. The van der Waals surface area contributed by atoms with Crippen molar-refractivity contribution in [1.82, 2.24) is 5.32 Å². The summed E-state index contributed by atoms with van der Waals surface area (Å²) >= 11 is 0. The smallest absolute Gasteiger partial charge is 0.241 e. The first-order chi connectivity index (χ1) is 10.1. The van der Waals surface area contributed by atoms with E-state index >= 15 is 0 Å². The molecule has 0 aliphatic heterocycles. The van der Waals surface area contributed by atoms with Crippen LogP contribution in [0.15, 0.2) is 24.3 Å². The quantitative estimate of drug-likeness (QED) is 0.863. The largest absolute Gasteiger partial charge is 0.325 e. The number of rotatable bonds is 5. The van der Waals surface area contributed by atoms with Crippen LogP contribution in [0.5, 0.6) is 0 Å². The highest BCUT2D eigenvalue weighted by Gasteiger charge is 2.26. The van der Waals surface area contributed by atoms with Gasteiger partial charge in [0.05, 0.1) is 6.04 Å². The molecule has 3 unspecified atom stereocenters. The molecule has 0 spiro atoms. The van der Waals surface area contributed by atoms with Gasteiger partial charge in [0.15, 0.2) is 0 Å². The van der Waals surface area contributed by atoms with Crippen LogP contribution >= 0.6 is 0 Å². The molecule has 1 fully saturated rings. The maximum absolute atomic E-state index is 12.3. The fraction of sp³-hybridized carbons (Fsp3) is 0.611. The van der Waals surface area contributed by atoms with Crippen LogP contribution in [0.2, 0.25) is 0 Å². The SMILES string of the molecule is CCC1CCCCC1NC(C)C(=O)Nc1ccc(C)cc1. The molecule has 1 aromatic carbocycles. The van der Waals surface area contributed by atoms with Gasteiger partial charge in [-0.25, -0.2) is 0 Å². The number of nitrogens with one attached hydrogen (secondary N) is 2. The Morgan fingerprint density at radius 3 is 2.57 bits per heavy atom. The third-order valence-electron chi connectivity index (χ3n) is 4.61. The van der Waals surface area contributed by atoms with E-state index in [-0.39, 0.29) is 11.9 Å². The lowest BCUT2D eigenvalue weighted by atomic mass is 9.82. The molecule has 2 N–H and O–H groups in total. The Balaban J connectivity index is 1.88. The lowest BCUT2D eigenvalue weighted by Gasteiger charge is -2.33. The molecule has 1 saturated carbocycles. The van der Waals surface area contributed by atoms with Crippen molar-refractivity contribution in [3.05, 3.63) is 29.8 Å². The van der Waals surface area contributed by atoms with Crippen molar-refractivity contribution >= 4 is 11.6 Å². The van der Waals surface area contributed by atoms with E-state index in [2.05, 4.69) is 17.6 Å². The number of carbonyl (C=O) groups excluding carboxylic acids is 1. The van der Waals surface area contributed by atoms with Crippen molar-refractivity contribution < 1.29 is 4.79 Å². The first-order valence-electron chi connectivity index (χ1n) is 8.23. The van der Waals surface area contributed by atoms with E-state index in [0.29, 0.717) is 12.0 Å². The minimum absolute atomic E-state index is 0.0549. The number of benzene rings is 1. The molecule has 1 aliphatic rings. The van der Waals surface area contributed by atoms with Gasteiger partial charge in [-0.15, -0.1) is 0 Å². The fourth-order valence-corrected chi connectivity index (χ4v) is 3.20. The first-order valence-corrected chi connectivity index (χ1v) is 8.23. The molecule has 3 atom stereocenters. The van der Waals surface area contributed by atoms with Crippen LogP contribution in [0, 0.1) is 12.8 Å². The maximum atomic E-state index is 12.3. The highest BCUT2D eigenvalue weighted by atomic mass is 16.2. The highest BCUT2D eigenvalue weighted by molar-refractivity contribution is 5.94. The molecule has 0 heterocycles. The molecule has 1 aromatic rings. The Bertz CT molecular complexity index is 455. The molecular formula is C18H28N2O. The van der Waals surface area contributed by atoms with Gasteiger partial charge in [-0.05, 0) is 44.7 Å². The van der Waals surface area contributed by atoms with Gasteiger partial charge < -0.3 is 10.6 Å². The van der Waals surface area contributed by atoms with Crippen LogP contribution in [0.1, 0.15) is 51.5 Å². The predicted octanol–water partition coefficient (Wildman–Crippen LogP) is 3.88. The van der Waals surface area contributed by atoms with Gasteiger partial charge in [-0.3, -0.25) is 4.79 Å². The number of hydrogen-bond donors (Lipinski definition) is 2. The first kappa shape index (κ1) is 16.0. The average Bonchev–Trinajstić information content (AvgIpc) is 2.50. The van der Waals surface area contributed by atoms with Crippen molar-refractivity contribution in [2.45, 2.75) is 65.0 Å². The van der Waals surface area contributed by atoms with Gasteiger partial charge in [-0.1, -0.05) is 43.9 Å². The van der Waals surface area contributed by atoms with Crippen LogP contribution in [0.3, 0.4) is 0 Å². The Kier molecular flexibility index (Phi) is 5.80. The maximum Gasteiger partial charge on any atom is 0.241 e. The summed E-state index contributed by atoms with van der Waals surface area (Å²) in [5.74, 6) is 0.771. The summed E-state index contributed by atoms with van der Waals surface area (Å²) in [6.07, 6.45) is 6.30. The Morgan fingerprint density at radius 2 is 1.90 bits per heavy atom. The normalized spacial score (nSPS) is 23.6.